The molecular formula is C14H11F3N4. The summed E-state index contributed by atoms with van der Waals surface area (Å²) in [5.41, 5.74) is 0.772. The van der Waals surface area contributed by atoms with Crippen LogP contribution in [0.25, 0.3) is 5.69 Å². The maximum Gasteiger partial charge on any atom is 0.435 e. The van der Waals surface area contributed by atoms with E-state index in [0.29, 0.717) is 0 Å². The van der Waals surface area contributed by atoms with Gasteiger partial charge in [-0.2, -0.15) is 23.4 Å². The number of alkyl halides is 3. The average molecular weight is 292 g/mol. The highest BCUT2D eigenvalue weighted by atomic mass is 19.4. The Bertz CT molecular complexity index is 728. The Morgan fingerprint density at radius 3 is 2.48 bits per heavy atom. The Morgan fingerprint density at radius 1 is 1.05 bits per heavy atom. The Kier molecular flexibility index (Phi) is 3.25. The van der Waals surface area contributed by atoms with E-state index in [1.54, 1.807) is 17.1 Å². The van der Waals surface area contributed by atoms with Gasteiger partial charge in [0.15, 0.2) is 5.69 Å². The lowest BCUT2D eigenvalue weighted by molar-refractivity contribution is -0.141. The van der Waals surface area contributed by atoms with Crippen molar-refractivity contribution in [3.63, 3.8) is 0 Å². The van der Waals surface area contributed by atoms with Crippen LogP contribution in [0.15, 0.2) is 55.0 Å². The second kappa shape index (κ2) is 5.08. The molecule has 0 fully saturated rings. The fraction of sp³-hybridized carbons (Fsp3) is 0.143. The Morgan fingerprint density at radius 2 is 1.81 bits per heavy atom. The van der Waals surface area contributed by atoms with Crippen molar-refractivity contribution in [3.05, 3.63) is 66.2 Å². The molecule has 0 aliphatic heterocycles. The SMILES string of the molecule is FC(F)(F)c1ccn(Cc2cnn(-c3ccccc3)c2)n1. The van der Waals surface area contributed by atoms with Crippen molar-refractivity contribution < 1.29 is 13.2 Å². The largest absolute Gasteiger partial charge is 0.435 e. The zero-order valence-electron chi connectivity index (χ0n) is 10.8. The van der Waals surface area contributed by atoms with Crippen LogP contribution in [0, 0.1) is 0 Å². The minimum atomic E-state index is -4.42. The molecule has 0 aliphatic rings. The van der Waals surface area contributed by atoms with Gasteiger partial charge in [-0.05, 0) is 18.2 Å². The third kappa shape index (κ3) is 2.96. The third-order valence-corrected chi connectivity index (χ3v) is 2.93. The molecule has 21 heavy (non-hydrogen) atoms. The zero-order chi connectivity index (χ0) is 14.9. The average Bonchev–Trinajstić information content (AvgIpc) is 3.09. The molecule has 0 unspecified atom stereocenters. The van der Waals surface area contributed by atoms with Gasteiger partial charge in [-0.1, -0.05) is 18.2 Å². The van der Waals surface area contributed by atoms with Gasteiger partial charge in [0.05, 0.1) is 18.4 Å². The van der Waals surface area contributed by atoms with Crippen molar-refractivity contribution in [2.45, 2.75) is 12.7 Å². The number of rotatable bonds is 3. The van der Waals surface area contributed by atoms with Crippen molar-refractivity contribution in [2.24, 2.45) is 0 Å². The molecule has 3 aromatic rings. The number of aromatic nitrogens is 4. The highest BCUT2D eigenvalue weighted by Crippen LogP contribution is 2.27. The first-order chi connectivity index (χ1) is 10.0. The minimum Gasteiger partial charge on any atom is -0.268 e. The molecule has 0 saturated carbocycles. The molecule has 0 spiro atoms. The van der Waals surface area contributed by atoms with E-state index in [2.05, 4.69) is 10.2 Å². The summed E-state index contributed by atoms with van der Waals surface area (Å²) >= 11 is 0. The fourth-order valence-electron chi connectivity index (χ4n) is 1.95. The van der Waals surface area contributed by atoms with Crippen LogP contribution in [0.2, 0.25) is 0 Å². The first-order valence-corrected chi connectivity index (χ1v) is 6.22. The van der Waals surface area contributed by atoms with Crippen LogP contribution in [0.5, 0.6) is 0 Å². The summed E-state index contributed by atoms with van der Waals surface area (Å²) in [5.74, 6) is 0. The summed E-state index contributed by atoms with van der Waals surface area (Å²) in [7, 11) is 0. The Hall–Kier alpha value is -2.57. The van der Waals surface area contributed by atoms with Gasteiger partial charge in [0.1, 0.15) is 0 Å². The molecule has 7 heteroatoms. The second-order valence-corrected chi connectivity index (χ2v) is 4.53. The molecule has 2 aromatic heterocycles. The highest BCUT2D eigenvalue weighted by molar-refractivity contribution is 5.30. The number of hydrogen-bond donors (Lipinski definition) is 0. The first kappa shape index (κ1) is 13.4. The van der Waals surface area contributed by atoms with Crippen LogP contribution in [-0.4, -0.2) is 19.6 Å². The van der Waals surface area contributed by atoms with Crippen LogP contribution >= 0.6 is 0 Å². The van der Waals surface area contributed by atoms with Gasteiger partial charge in [0, 0.05) is 18.0 Å². The minimum absolute atomic E-state index is 0.239. The molecule has 2 heterocycles. The van der Waals surface area contributed by atoms with E-state index in [1.807, 2.05) is 30.3 Å². The highest BCUT2D eigenvalue weighted by Gasteiger charge is 2.33. The normalized spacial score (nSPS) is 11.8. The molecule has 4 nitrogen and oxygen atoms in total. The summed E-state index contributed by atoms with van der Waals surface area (Å²) in [5, 5.41) is 7.70. The number of hydrogen-bond acceptors (Lipinski definition) is 2. The fourth-order valence-corrected chi connectivity index (χ4v) is 1.95. The van der Waals surface area contributed by atoms with Crippen LogP contribution < -0.4 is 0 Å². The van der Waals surface area contributed by atoms with Crippen molar-refractivity contribution in [3.8, 4) is 5.69 Å². The van der Waals surface area contributed by atoms with Crippen molar-refractivity contribution in [1.82, 2.24) is 19.6 Å². The Balaban J connectivity index is 1.77. The molecule has 0 N–H and O–H groups in total. The van der Waals surface area contributed by atoms with E-state index in [-0.39, 0.29) is 6.54 Å². The molecular weight excluding hydrogens is 281 g/mol. The smallest absolute Gasteiger partial charge is 0.268 e. The van der Waals surface area contributed by atoms with Crippen LogP contribution in [0.3, 0.4) is 0 Å². The molecule has 0 atom stereocenters. The zero-order valence-corrected chi connectivity index (χ0v) is 10.8. The molecule has 0 amide bonds. The summed E-state index contributed by atoms with van der Waals surface area (Å²) < 4.78 is 40.3. The quantitative estimate of drug-likeness (QED) is 0.743. The molecule has 0 aliphatic carbocycles. The topological polar surface area (TPSA) is 35.6 Å². The lowest BCUT2D eigenvalue weighted by Gasteiger charge is -2.02. The van der Waals surface area contributed by atoms with E-state index in [0.717, 1.165) is 17.3 Å². The van der Waals surface area contributed by atoms with Crippen LogP contribution in [0.1, 0.15) is 11.3 Å². The number of nitrogens with zero attached hydrogens (tertiary/aromatic N) is 4. The predicted molar refractivity (Wildman–Crippen MR) is 69.9 cm³/mol. The Labute approximate surface area is 118 Å². The number of halogens is 3. The van der Waals surface area contributed by atoms with Gasteiger partial charge in [-0.25, -0.2) is 4.68 Å². The van der Waals surface area contributed by atoms with Gasteiger partial charge >= 0.3 is 6.18 Å². The monoisotopic (exact) mass is 292 g/mol. The summed E-state index contributed by atoms with van der Waals surface area (Å²) in [6, 6.07) is 10.4. The molecule has 0 bridgehead atoms. The molecule has 0 radical (unpaired) electrons. The lowest BCUT2D eigenvalue weighted by atomic mass is 10.3. The van der Waals surface area contributed by atoms with Gasteiger partial charge in [0.25, 0.3) is 0 Å². The molecule has 108 valence electrons. The van der Waals surface area contributed by atoms with Crippen molar-refractivity contribution in [1.29, 1.82) is 0 Å². The van der Waals surface area contributed by atoms with E-state index < -0.39 is 11.9 Å². The molecule has 1 aromatic carbocycles. The van der Waals surface area contributed by atoms with Gasteiger partial charge in [-0.3, -0.25) is 4.68 Å². The van der Waals surface area contributed by atoms with E-state index in [9.17, 15) is 13.2 Å². The standard InChI is InChI=1S/C14H11F3N4/c15-14(16,17)13-6-7-20(19-13)9-11-8-18-21(10-11)12-4-2-1-3-5-12/h1-8,10H,9H2. The summed E-state index contributed by atoms with van der Waals surface area (Å²) in [4.78, 5) is 0. The lowest BCUT2D eigenvalue weighted by Crippen LogP contribution is -2.08. The predicted octanol–water partition coefficient (Wildman–Crippen LogP) is 3.14. The van der Waals surface area contributed by atoms with E-state index in [1.165, 1.54) is 10.9 Å². The first-order valence-electron chi connectivity index (χ1n) is 6.22. The van der Waals surface area contributed by atoms with E-state index >= 15 is 0 Å². The number of para-hydroxylation sites is 1. The van der Waals surface area contributed by atoms with Crippen LogP contribution in [-0.2, 0) is 12.7 Å². The molecule has 3 rings (SSSR count). The maximum atomic E-state index is 12.5. The summed E-state index contributed by atoms with van der Waals surface area (Å²) in [6.45, 7) is 0.239. The summed E-state index contributed by atoms with van der Waals surface area (Å²) in [6.07, 6.45) is 0.272. The van der Waals surface area contributed by atoms with Crippen molar-refractivity contribution in [2.75, 3.05) is 0 Å². The second-order valence-electron chi connectivity index (χ2n) is 4.53. The van der Waals surface area contributed by atoms with Crippen LogP contribution in [0.4, 0.5) is 13.2 Å². The molecule has 0 saturated heterocycles. The van der Waals surface area contributed by atoms with Gasteiger partial charge in [0.2, 0.25) is 0 Å². The number of benzene rings is 1. The third-order valence-electron chi connectivity index (χ3n) is 2.93. The maximum absolute atomic E-state index is 12.5. The van der Waals surface area contributed by atoms with E-state index in [4.69, 9.17) is 0 Å². The van der Waals surface area contributed by atoms with Crippen molar-refractivity contribution >= 4 is 0 Å². The van der Waals surface area contributed by atoms with Gasteiger partial charge < -0.3 is 0 Å². The van der Waals surface area contributed by atoms with Gasteiger partial charge in [-0.15, -0.1) is 0 Å².